The average Bonchev–Trinajstić information content (AvgIpc) is 2.17. The molecule has 0 heterocycles. The Morgan fingerprint density at radius 1 is 1.38 bits per heavy atom. The molecule has 0 aromatic heterocycles. The van der Waals surface area contributed by atoms with E-state index in [-0.39, 0.29) is 17.3 Å². The van der Waals surface area contributed by atoms with E-state index in [1.54, 1.807) is 24.3 Å². The fraction of sp³-hybridized carbons (Fsp3) is 0.300. The van der Waals surface area contributed by atoms with Gasteiger partial charge in [0, 0.05) is 7.05 Å². The first-order valence-electron chi connectivity index (χ1n) is 4.68. The van der Waals surface area contributed by atoms with Crippen molar-refractivity contribution in [3.05, 3.63) is 35.9 Å². The first kappa shape index (κ1) is 13.1. The summed E-state index contributed by atoms with van der Waals surface area (Å²) < 4.78 is 24.9. The third-order valence-electron chi connectivity index (χ3n) is 2.05. The molecule has 6 heteroatoms. The Kier molecular flexibility index (Phi) is 4.40. The Morgan fingerprint density at radius 2 is 1.94 bits per heavy atom. The number of nitrogens with zero attached hydrogens (tertiary/aromatic N) is 1. The maximum Gasteiger partial charge on any atom is 0.218 e. The van der Waals surface area contributed by atoms with Crippen molar-refractivity contribution in [2.75, 3.05) is 13.6 Å². The van der Waals surface area contributed by atoms with Crippen LogP contribution in [0.1, 0.15) is 5.56 Å². The summed E-state index contributed by atoms with van der Waals surface area (Å²) in [5.41, 5.74) is 6.06. The molecular weight excluding hydrogens is 244 g/mol. The summed E-state index contributed by atoms with van der Waals surface area (Å²) in [6.45, 7) is 0.0739. The Labute approximate surface area is 101 Å². The van der Waals surface area contributed by atoms with Crippen LogP contribution in [0.25, 0.3) is 0 Å². The van der Waals surface area contributed by atoms with E-state index in [1.807, 2.05) is 6.07 Å². The van der Waals surface area contributed by atoms with E-state index < -0.39 is 10.0 Å². The summed E-state index contributed by atoms with van der Waals surface area (Å²) in [6, 6.07) is 8.99. The normalized spacial score (nSPS) is 11.6. The van der Waals surface area contributed by atoms with Crippen LogP contribution in [-0.2, 0) is 15.8 Å². The summed E-state index contributed by atoms with van der Waals surface area (Å²) in [7, 11) is -1.87. The van der Waals surface area contributed by atoms with Gasteiger partial charge in [0.25, 0.3) is 0 Å². The van der Waals surface area contributed by atoms with Gasteiger partial charge in [-0.3, -0.25) is 0 Å². The van der Waals surface area contributed by atoms with Crippen molar-refractivity contribution < 1.29 is 8.42 Å². The molecule has 1 rings (SSSR count). The van der Waals surface area contributed by atoms with Crippen molar-refractivity contribution in [1.29, 1.82) is 0 Å². The fourth-order valence-corrected chi connectivity index (χ4v) is 2.66. The van der Waals surface area contributed by atoms with E-state index in [0.717, 1.165) is 5.56 Å². The van der Waals surface area contributed by atoms with Gasteiger partial charge in [0.2, 0.25) is 10.0 Å². The van der Waals surface area contributed by atoms with Gasteiger partial charge in [0.1, 0.15) is 0 Å². The molecule has 0 saturated carbocycles. The summed E-state index contributed by atoms with van der Waals surface area (Å²) in [5.74, 6) is -0.0348. The lowest BCUT2D eigenvalue weighted by molar-refractivity contribution is 0.505. The first-order chi connectivity index (χ1) is 7.42. The van der Waals surface area contributed by atoms with Crippen molar-refractivity contribution in [3.63, 3.8) is 0 Å². The Bertz CT molecular complexity index is 457. The minimum Gasteiger partial charge on any atom is -0.392 e. The second-order valence-electron chi connectivity index (χ2n) is 3.46. The van der Waals surface area contributed by atoms with Gasteiger partial charge >= 0.3 is 0 Å². The van der Waals surface area contributed by atoms with E-state index in [2.05, 4.69) is 12.2 Å². The molecule has 0 atom stereocenters. The summed E-state index contributed by atoms with van der Waals surface area (Å²) >= 11 is 4.68. The summed E-state index contributed by atoms with van der Waals surface area (Å²) in [4.78, 5) is 0.166. The largest absolute Gasteiger partial charge is 0.392 e. The standard InChI is InChI=1S/C10H14N2O2S2/c1-12(7-10(11)15)16(13,14)8-9-5-3-2-4-6-9/h2-6H,7-8H2,1H3,(H2,11,15). The number of nitrogens with two attached hydrogens (primary N) is 1. The molecule has 0 fully saturated rings. The molecular formula is C10H14N2O2S2. The molecule has 0 radical (unpaired) electrons. The van der Waals surface area contributed by atoms with Gasteiger partial charge in [-0.1, -0.05) is 42.5 Å². The van der Waals surface area contributed by atoms with Crippen molar-refractivity contribution in [1.82, 2.24) is 4.31 Å². The molecule has 0 aliphatic rings. The van der Waals surface area contributed by atoms with E-state index in [9.17, 15) is 8.42 Å². The minimum atomic E-state index is -3.34. The molecule has 2 N–H and O–H groups in total. The highest BCUT2D eigenvalue weighted by Gasteiger charge is 2.18. The zero-order valence-corrected chi connectivity index (χ0v) is 10.6. The Balaban J connectivity index is 2.76. The molecule has 0 unspecified atom stereocenters. The number of hydrogen-bond acceptors (Lipinski definition) is 3. The van der Waals surface area contributed by atoms with Crippen LogP contribution in [0.15, 0.2) is 30.3 Å². The maximum atomic E-state index is 11.8. The molecule has 0 aliphatic heterocycles. The zero-order chi connectivity index (χ0) is 12.2. The van der Waals surface area contributed by atoms with E-state index in [1.165, 1.54) is 11.4 Å². The quantitative estimate of drug-likeness (QED) is 0.791. The number of sulfonamides is 1. The second kappa shape index (κ2) is 5.38. The lowest BCUT2D eigenvalue weighted by Crippen LogP contribution is -2.35. The highest BCUT2D eigenvalue weighted by atomic mass is 32.2. The molecule has 0 saturated heterocycles. The molecule has 0 amide bonds. The van der Waals surface area contributed by atoms with Crippen LogP contribution < -0.4 is 5.73 Å². The lowest BCUT2D eigenvalue weighted by atomic mass is 10.2. The van der Waals surface area contributed by atoms with Gasteiger partial charge < -0.3 is 5.73 Å². The average molecular weight is 258 g/mol. The molecule has 4 nitrogen and oxygen atoms in total. The smallest absolute Gasteiger partial charge is 0.218 e. The molecule has 88 valence electrons. The van der Waals surface area contributed by atoms with Gasteiger partial charge in [0.05, 0.1) is 17.3 Å². The summed E-state index contributed by atoms with van der Waals surface area (Å²) in [5, 5.41) is 0. The fourth-order valence-electron chi connectivity index (χ4n) is 1.21. The van der Waals surface area contributed by atoms with Crippen molar-refractivity contribution >= 4 is 27.2 Å². The minimum absolute atomic E-state index is 0.0348. The molecule has 0 spiro atoms. The van der Waals surface area contributed by atoms with E-state index in [0.29, 0.717) is 0 Å². The van der Waals surface area contributed by atoms with Crippen LogP contribution in [0.5, 0.6) is 0 Å². The third-order valence-corrected chi connectivity index (χ3v) is 3.95. The van der Waals surface area contributed by atoms with Gasteiger partial charge in [-0.25, -0.2) is 8.42 Å². The van der Waals surface area contributed by atoms with Crippen LogP contribution >= 0.6 is 12.2 Å². The SMILES string of the molecule is CN(CC(N)=S)S(=O)(=O)Cc1ccccc1. The number of benzene rings is 1. The van der Waals surface area contributed by atoms with Gasteiger partial charge in [-0.05, 0) is 5.56 Å². The Morgan fingerprint density at radius 3 is 2.44 bits per heavy atom. The van der Waals surface area contributed by atoms with Crippen molar-refractivity contribution in [2.24, 2.45) is 5.73 Å². The Hall–Kier alpha value is -0.980. The molecule has 0 bridgehead atoms. The van der Waals surface area contributed by atoms with Gasteiger partial charge in [0.15, 0.2) is 0 Å². The lowest BCUT2D eigenvalue weighted by Gasteiger charge is -2.16. The summed E-state index contributed by atoms with van der Waals surface area (Å²) in [6.07, 6.45) is 0. The molecule has 0 aliphatic carbocycles. The third kappa shape index (κ3) is 3.88. The predicted octanol–water partition coefficient (Wildman–Crippen LogP) is 0.734. The first-order valence-corrected chi connectivity index (χ1v) is 6.70. The number of likely N-dealkylation sites (N-methyl/N-ethyl adjacent to an activating group) is 1. The monoisotopic (exact) mass is 258 g/mol. The van der Waals surface area contributed by atoms with Crippen molar-refractivity contribution in [2.45, 2.75) is 5.75 Å². The van der Waals surface area contributed by atoms with Crippen LogP contribution in [0.4, 0.5) is 0 Å². The number of rotatable bonds is 5. The maximum absolute atomic E-state index is 11.8. The van der Waals surface area contributed by atoms with Crippen molar-refractivity contribution in [3.8, 4) is 0 Å². The van der Waals surface area contributed by atoms with Crippen LogP contribution in [0.2, 0.25) is 0 Å². The topological polar surface area (TPSA) is 63.4 Å². The van der Waals surface area contributed by atoms with E-state index in [4.69, 9.17) is 5.73 Å². The van der Waals surface area contributed by atoms with Crippen LogP contribution in [0.3, 0.4) is 0 Å². The highest BCUT2D eigenvalue weighted by molar-refractivity contribution is 7.88. The number of hydrogen-bond donors (Lipinski definition) is 1. The number of thiocarbonyl (C=S) groups is 1. The van der Waals surface area contributed by atoms with Crippen LogP contribution in [-0.4, -0.2) is 31.3 Å². The molecule has 16 heavy (non-hydrogen) atoms. The highest BCUT2D eigenvalue weighted by Crippen LogP contribution is 2.08. The van der Waals surface area contributed by atoms with Gasteiger partial charge in [-0.2, -0.15) is 4.31 Å². The van der Waals surface area contributed by atoms with E-state index >= 15 is 0 Å². The molecule has 1 aromatic carbocycles. The molecule has 1 aromatic rings. The zero-order valence-electron chi connectivity index (χ0n) is 8.96. The predicted molar refractivity (Wildman–Crippen MR) is 68.5 cm³/mol. The van der Waals surface area contributed by atoms with Gasteiger partial charge in [-0.15, -0.1) is 0 Å². The second-order valence-corrected chi connectivity index (χ2v) is 6.06. The van der Waals surface area contributed by atoms with Crippen LogP contribution in [0, 0.1) is 0 Å².